The summed E-state index contributed by atoms with van der Waals surface area (Å²) in [4.78, 5) is 22.1. The summed E-state index contributed by atoms with van der Waals surface area (Å²) in [6, 6.07) is 12.9. The fourth-order valence-corrected chi connectivity index (χ4v) is 6.19. The highest BCUT2D eigenvalue weighted by molar-refractivity contribution is 7.19. The number of H-pyrrole nitrogens is 1. The minimum Gasteiger partial charge on any atom is -0.378 e. The van der Waals surface area contributed by atoms with Gasteiger partial charge in [-0.05, 0) is 18.2 Å². The van der Waals surface area contributed by atoms with E-state index >= 15 is 0 Å². The number of aromatic amines is 1. The number of morpholine rings is 1. The number of aromatic nitrogens is 3. The monoisotopic (exact) mass is 487 g/mol. The molecule has 0 radical (unpaired) electrons. The second-order valence-corrected chi connectivity index (χ2v) is 10.3. The van der Waals surface area contributed by atoms with Crippen LogP contribution in [0.2, 0.25) is 0 Å². The van der Waals surface area contributed by atoms with E-state index in [0.29, 0.717) is 6.42 Å². The van der Waals surface area contributed by atoms with Crippen LogP contribution in [0.25, 0.3) is 32.5 Å². The molecule has 8 nitrogen and oxygen atoms in total. The summed E-state index contributed by atoms with van der Waals surface area (Å²) in [7, 11) is 0. The van der Waals surface area contributed by atoms with Gasteiger partial charge in [0.2, 0.25) is 0 Å². The summed E-state index contributed by atoms with van der Waals surface area (Å²) < 4.78 is 6.79. The Morgan fingerprint density at radius 2 is 1.86 bits per heavy atom. The summed E-state index contributed by atoms with van der Waals surface area (Å²) in [5.74, 6) is 1.80. The van der Waals surface area contributed by atoms with E-state index in [4.69, 9.17) is 20.0 Å². The molecule has 0 spiro atoms. The average molecular weight is 488 g/mol. The van der Waals surface area contributed by atoms with Crippen LogP contribution < -0.4 is 4.90 Å². The number of nitrogens with zero attached hydrogens (tertiary/aromatic N) is 6. The van der Waals surface area contributed by atoms with Gasteiger partial charge in [-0.2, -0.15) is 5.26 Å². The first-order valence-corrected chi connectivity index (χ1v) is 13.1. The van der Waals surface area contributed by atoms with Crippen molar-refractivity contribution in [1.29, 1.82) is 5.26 Å². The standard InChI is InChI=1S/C26H29N7OS/c27-6-2-8-31-9-11-32(12-10-31)18-19-17-23-24(35-19)26(33-13-15-34-16-14-33)30-25(29-23)21-3-1-4-22-20(21)5-7-28-22/h1,3-5,7,17,28H,2,8-16,18H2. The van der Waals surface area contributed by atoms with Crippen molar-refractivity contribution in [2.75, 3.05) is 63.9 Å². The molecule has 0 atom stereocenters. The van der Waals surface area contributed by atoms with Gasteiger partial charge in [-0.15, -0.1) is 11.3 Å². The van der Waals surface area contributed by atoms with Crippen LogP contribution >= 0.6 is 11.3 Å². The van der Waals surface area contributed by atoms with Crippen molar-refractivity contribution in [3.8, 4) is 17.5 Å². The maximum atomic E-state index is 8.85. The molecule has 9 heteroatoms. The second-order valence-electron chi connectivity index (χ2n) is 9.17. The minimum atomic E-state index is 0.609. The van der Waals surface area contributed by atoms with E-state index in [1.54, 1.807) is 0 Å². The molecule has 2 fully saturated rings. The molecule has 180 valence electrons. The number of benzene rings is 1. The lowest BCUT2D eigenvalue weighted by atomic mass is 10.1. The van der Waals surface area contributed by atoms with Crippen LogP contribution in [0.1, 0.15) is 11.3 Å². The molecule has 4 aromatic rings. The van der Waals surface area contributed by atoms with E-state index in [0.717, 1.165) is 99.2 Å². The third-order valence-electron chi connectivity index (χ3n) is 6.94. The number of fused-ring (bicyclic) bond motifs is 2. The molecule has 1 N–H and O–H groups in total. The van der Waals surface area contributed by atoms with Crippen molar-refractivity contribution in [3.05, 3.63) is 41.4 Å². The minimum absolute atomic E-state index is 0.609. The molecule has 35 heavy (non-hydrogen) atoms. The molecule has 0 amide bonds. The Kier molecular flexibility index (Phi) is 6.35. The molecule has 2 aliphatic heterocycles. The van der Waals surface area contributed by atoms with Gasteiger partial charge >= 0.3 is 0 Å². The first-order valence-electron chi connectivity index (χ1n) is 12.3. The molecule has 5 heterocycles. The highest BCUT2D eigenvalue weighted by Gasteiger charge is 2.22. The predicted molar refractivity (Wildman–Crippen MR) is 140 cm³/mol. The summed E-state index contributed by atoms with van der Waals surface area (Å²) in [6.45, 7) is 9.05. The largest absolute Gasteiger partial charge is 0.378 e. The molecule has 0 aliphatic carbocycles. The summed E-state index contributed by atoms with van der Waals surface area (Å²) in [6.07, 6.45) is 2.58. The lowest BCUT2D eigenvalue weighted by Gasteiger charge is -2.34. The van der Waals surface area contributed by atoms with Gasteiger partial charge in [-0.25, -0.2) is 9.97 Å². The zero-order valence-corrected chi connectivity index (χ0v) is 20.6. The van der Waals surface area contributed by atoms with Gasteiger partial charge < -0.3 is 14.6 Å². The highest BCUT2D eigenvalue weighted by Crippen LogP contribution is 2.36. The number of nitriles is 1. The first kappa shape index (κ1) is 22.4. The van der Waals surface area contributed by atoms with Crippen LogP contribution in [0.5, 0.6) is 0 Å². The van der Waals surface area contributed by atoms with E-state index < -0.39 is 0 Å². The van der Waals surface area contributed by atoms with Gasteiger partial charge in [0.15, 0.2) is 11.6 Å². The number of hydrogen-bond acceptors (Lipinski definition) is 8. The van der Waals surface area contributed by atoms with Crippen molar-refractivity contribution >= 4 is 38.3 Å². The van der Waals surface area contributed by atoms with Crippen LogP contribution in [-0.4, -0.2) is 83.8 Å². The third kappa shape index (κ3) is 4.62. The van der Waals surface area contributed by atoms with Gasteiger partial charge in [0, 0.05) is 86.3 Å². The lowest BCUT2D eigenvalue weighted by molar-refractivity contribution is 0.122. The zero-order chi connectivity index (χ0) is 23.6. The number of piperazine rings is 1. The SMILES string of the molecule is N#CCCN1CCN(Cc2cc3nc(-c4cccc5[nH]ccc45)nc(N4CCOCC4)c3s2)CC1. The number of nitrogens with one attached hydrogen (secondary N) is 1. The number of ether oxygens (including phenoxy) is 1. The number of thiophene rings is 1. The summed E-state index contributed by atoms with van der Waals surface area (Å²) in [5.41, 5.74) is 3.18. The molecule has 2 saturated heterocycles. The molecule has 0 unspecified atom stereocenters. The Morgan fingerprint density at radius 1 is 1.03 bits per heavy atom. The predicted octanol–water partition coefficient (Wildman–Crippen LogP) is 3.71. The Labute approximate surface area is 208 Å². The van der Waals surface area contributed by atoms with E-state index in [1.165, 1.54) is 9.58 Å². The van der Waals surface area contributed by atoms with Crippen molar-refractivity contribution in [3.63, 3.8) is 0 Å². The molecular formula is C26H29N7OS. The molecule has 0 saturated carbocycles. The zero-order valence-electron chi connectivity index (χ0n) is 19.7. The fraction of sp³-hybridized carbons (Fsp3) is 0.423. The van der Waals surface area contributed by atoms with Gasteiger partial charge in [0.05, 0.1) is 29.5 Å². The Balaban J connectivity index is 1.32. The molecule has 1 aromatic carbocycles. The van der Waals surface area contributed by atoms with Crippen LogP contribution in [0.15, 0.2) is 36.5 Å². The van der Waals surface area contributed by atoms with Gasteiger partial charge in [-0.3, -0.25) is 9.80 Å². The molecule has 2 aliphatic rings. The smallest absolute Gasteiger partial charge is 0.162 e. The van der Waals surface area contributed by atoms with Crippen LogP contribution in [0.3, 0.4) is 0 Å². The Morgan fingerprint density at radius 3 is 2.69 bits per heavy atom. The van der Waals surface area contributed by atoms with Crippen molar-refractivity contribution in [1.82, 2.24) is 24.8 Å². The van der Waals surface area contributed by atoms with Gasteiger partial charge in [0.1, 0.15) is 0 Å². The van der Waals surface area contributed by atoms with Crippen molar-refractivity contribution < 1.29 is 4.74 Å². The maximum Gasteiger partial charge on any atom is 0.162 e. The van der Waals surface area contributed by atoms with Gasteiger partial charge in [-0.1, -0.05) is 12.1 Å². The molecule has 6 rings (SSSR count). The van der Waals surface area contributed by atoms with E-state index in [9.17, 15) is 0 Å². The lowest BCUT2D eigenvalue weighted by Crippen LogP contribution is -2.45. The summed E-state index contributed by atoms with van der Waals surface area (Å²) in [5, 5.41) is 10.00. The average Bonchev–Trinajstić information content (AvgIpc) is 3.55. The second kappa shape index (κ2) is 9.91. The number of anilines is 1. The highest BCUT2D eigenvalue weighted by atomic mass is 32.1. The normalized spacial score (nSPS) is 17.9. The first-order chi connectivity index (χ1) is 17.3. The fourth-order valence-electron chi connectivity index (χ4n) is 5.03. The van der Waals surface area contributed by atoms with Crippen LogP contribution in [-0.2, 0) is 11.3 Å². The molecular weight excluding hydrogens is 458 g/mol. The van der Waals surface area contributed by atoms with Gasteiger partial charge in [0.25, 0.3) is 0 Å². The van der Waals surface area contributed by atoms with E-state index in [2.05, 4.69) is 56.1 Å². The number of rotatable bonds is 6. The third-order valence-corrected chi connectivity index (χ3v) is 8.04. The Hall–Kier alpha value is -3.03. The van der Waals surface area contributed by atoms with Crippen molar-refractivity contribution in [2.24, 2.45) is 0 Å². The molecule has 0 bridgehead atoms. The van der Waals surface area contributed by atoms with Crippen LogP contribution in [0.4, 0.5) is 5.82 Å². The topological polar surface area (TPSA) is 84.3 Å². The van der Waals surface area contributed by atoms with Crippen molar-refractivity contribution in [2.45, 2.75) is 13.0 Å². The maximum absolute atomic E-state index is 8.85. The number of hydrogen-bond donors (Lipinski definition) is 1. The Bertz CT molecular complexity index is 1360. The van der Waals surface area contributed by atoms with E-state index in [-0.39, 0.29) is 0 Å². The summed E-state index contributed by atoms with van der Waals surface area (Å²) >= 11 is 1.82. The van der Waals surface area contributed by atoms with Crippen LogP contribution in [0, 0.1) is 11.3 Å². The molecule has 3 aromatic heterocycles. The quantitative estimate of drug-likeness (QED) is 0.444. The van der Waals surface area contributed by atoms with E-state index in [1.807, 2.05) is 17.5 Å².